The zero-order chi connectivity index (χ0) is 8.32. The van der Waals surface area contributed by atoms with E-state index in [1.807, 2.05) is 0 Å². The predicted molar refractivity (Wildman–Crippen MR) is 57.4 cm³/mol. The van der Waals surface area contributed by atoms with Gasteiger partial charge in [-0.15, -0.1) is 11.8 Å². The van der Waals surface area contributed by atoms with Crippen LogP contribution in [0, 0.1) is 5.41 Å². The zero-order valence-electron chi connectivity index (χ0n) is 7.72. The molecule has 1 aliphatic rings. The van der Waals surface area contributed by atoms with E-state index in [0.717, 1.165) is 5.25 Å². The third kappa shape index (κ3) is 4.32. The average Bonchev–Trinajstić information content (AvgIpc) is 1.85. The average molecular weight is 190 g/mol. The maximum Gasteiger partial charge on any atom is 0.0394 e. The molecule has 0 saturated carbocycles. The second-order valence-corrected chi connectivity index (χ2v) is 7.13. The van der Waals surface area contributed by atoms with Crippen LogP contribution in [0.15, 0.2) is 0 Å². The summed E-state index contributed by atoms with van der Waals surface area (Å²) in [5.74, 6) is 1.38. The Morgan fingerprint density at radius 2 is 2.09 bits per heavy atom. The standard InChI is InChI=1S/C9H18S2/c1-9(2,3)6-8-4-5-10-7-11-8/h8H,4-7H2,1-3H3. The molecule has 0 aromatic carbocycles. The van der Waals surface area contributed by atoms with Crippen LogP contribution in [0.25, 0.3) is 0 Å². The van der Waals surface area contributed by atoms with Crippen molar-refractivity contribution in [2.75, 3.05) is 10.8 Å². The minimum absolute atomic E-state index is 0.527. The van der Waals surface area contributed by atoms with Gasteiger partial charge >= 0.3 is 0 Å². The van der Waals surface area contributed by atoms with Crippen LogP contribution in [0.5, 0.6) is 0 Å². The van der Waals surface area contributed by atoms with E-state index in [1.165, 1.54) is 23.7 Å². The minimum Gasteiger partial charge on any atom is -0.151 e. The molecule has 66 valence electrons. The summed E-state index contributed by atoms with van der Waals surface area (Å²) >= 11 is 4.24. The first-order valence-electron chi connectivity index (χ1n) is 4.27. The van der Waals surface area contributed by atoms with Gasteiger partial charge in [-0.05, 0) is 24.0 Å². The first-order valence-corrected chi connectivity index (χ1v) is 6.48. The molecule has 0 nitrogen and oxygen atoms in total. The van der Waals surface area contributed by atoms with Gasteiger partial charge in [0.1, 0.15) is 0 Å². The summed E-state index contributed by atoms with van der Waals surface area (Å²) in [5, 5.41) is 2.26. The zero-order valence-corrected chi connectivity index (χ0v) is 9.36. The molecule has 1 atom stereocenters. The lowest BCUT2D eigenvalue weighted by Gasteiger charge is -2.28. The molecule has 1 rings (SSSR count). The molecule has 2 heteroatoms. The van der Waals surface area contributed by atoms with Crippen LogP contribution in [-0.2, 0) is 0 Å². The maximum absolute atomic E-state index is 2.34. The molecule has 0 N–H and O–H groups in total. The maximum atomic E-state index is 2.34. The Morgan fingerprint density at radius 1 is 1.36 bits per heavy atom. The lowest BCUT2D eigenvalue weighted by atomic mass is 9.90. The van der Waals surface area contributed by atoms with E-state index >= 15 is 0 Å². The summed E-state index contributed by atoms with van der Waals surface area (Å²) in [4.78, 5) is 0. The molecule has 0 bridgehead atoms. The summed E-state index contributed by atoms with van der Waals surface area (Å²) in [6.07, 6.45) is 2.81. The van der Waals surface area contributed by atoms with Crippen molar-refractivity contribution in [2.45, 2.75) is 38.9 Å². The van der Waals surface area contributed by atoms with Gasteiger partial charge in [0.15, 0.2) is 0 Å². The highest BCUT2D eigenvalue weighted by Crippen LogP contribution is 2.35. The van der Waals surface area contributed by atoms with E-state index < -0.39 is 0 Å². The van der Waals surface area contributed by atoms with Gasteiger partial charge in [0, 0.05) is 10.3 Å². The largest absolute Gasteiger partial charge is 0.151 e. The molecule has 0 radical (unpaired) electrons. The topological polar surface area (TPSA) is 0 Å². The third-order valence-corrected chi connectivity index (χ3v) is 4.42. The van der Waals surface area contributed by atoms with Crippen molar-refractivity contribution in [3.8, 4) is 0 Å². The number of thioether (sulfide) groups is 2. The van der Waals surface area contributed by atoms with Crippen molar-refractivity contribution in [1.82, 2.24) is 0 Å². The van der Waals surface area contributed by atoms with E-state index in [9.17, 15) is 0 Å². The molecule has 1 unspecified atom stereocenters. The molecular formula is C9H18S2. The van der Waals surface area contributed by atoms with Gasteiger partial charge in [0.05, 0.1) is 0 Å². The Kier molecular flexibility index (Phi) is 3.63. The molecule has 11 heavy (non-hydrogen) atoms. The Hall–Kier alpha value is 0.700. The van der Waals surface area contributed by atoms with Crippen molar-refractivity contribution in [2.24, 2.45) is 5.41 Å². The molecule has 0 amide bonds. The molecule has 1 fully saturated rings. The molecule has 0 spiro atoms. The van der Waals surface area contributed by atoms with Gasteiger partial charge in [-0.2, -0.15) is 11.8 Å². The van der Waals surface area contributed by atoms with E-state index in [4.69, 9.17) is 0 Å². The van der Waals surface area contributed by atoms with Crippen molar-refractivity contribution in [1.29, 1.82) is 0 Å². The highest BCUT2D eigenvalue weighted by molar-refractivity contribution is 8.16. The summed E-state index contributed by atoms with van der Waals surface area (Å²) < 4.78 is 0. The summed E-state index contributed by atoms with van der Waals surface area (Å²) in [5.41, 5.74) is 0.527. The van der Waals surface area contributed by atoms with E-state index in [0.29, 0.717) is 5.41 Å². The van der Waals surface area contributed by atoms with Crippen molar-refractivity contribution >= 4 is 23.5 Å². The molecular weight excluding hydrogens is 172 g/mol. The van der Waals surface area contributed by atoms with Gasteiger partial charge in [-0.25, -0.2) is 0 Å². The number of hydrogen-bond acceptors (Lipinski definition) is 2. The van der Waals surface area contributed by atoms with Gasteiger partial charge < -0.3 is 0 Å². The van der Waals surface area contributed by atoms with Crippen LogP contribution in [0.4, 0.5) is 0 Å². The monoisotopic (exact) mass is 190 g/mol. The number of rotatable bonds is 1. The summed E-state index contributed by atoms with van der Waals surface area (Å²) in [6, 6.07) is 0. The van der Waals surface area contributed by atoms with Crippen molar-refractivity contribution in [3.05, 3.63) is 0 Å². The SMILES string of the molecule is CC(C)(C)CC1CCSCS1. The van der Waals surface area contributed by atoms with Crippen LogP contribution in [-0.4, -0.2) is 16.1 Å². The first-order chi connectivity index (χ1) is 5.08. The van der Waals surface area contributed by atoms with Gasteiger partial charge in [0.25, 0.3) is 0 Å². The Bertz CT molecular complexity index is 109. The smallest absolute Gasteiger partial charge is 0.0394 e. The first kappa shape index (κ1) is 9.79. The van der Waals surface area contributed by atoms with Crippen LogP contribution in [0.3, 0.4) is 0 Å². The molecule has 0 aromatic heterocycles. The lowest BCUT2D eigenvalue weighted by molar-refractivity contribution is 0.370. The summed E-state index contributed by atoms with van der Waals surface area (Å²) in [6.45, 7) is 7.03. The summed E-state index contributed by atoms with van der Waals surface area (Å²) in [7, 11) is 0. The normalized spacial score (nSPS) is 27.0. The second kappa shape index (κ2) is 4.08. The van der Waals surface area contributed by atoms with Crippen LogP contribution in [0.1, 0.15) is 33.6 Å². The quantitative estimate of drug-likeness (QED) is 0.619. The van der Waals surface area contributed by atoms with Crippen molar-refractivity contribution in [3.63, 3.8) is 0 Å². The van der Waals surface area contributed by atoms with Crippen LogP contribution in [0.2, 0.25) is 0 Å². The lowest BCUT2D eigenvalue weighted by Crippen LogP contribution is -2.18. The fourth-order valence-corrected chi connectivity index (χ4v) is 4.47. The van der Waals surface area contributed by atoms with Gasteiger partial charge in [-0.1, -0.05) is 20.8 Å². The molecule has 1 saturated heterocycles. The number of hydrogen-bond donors (Lipinski definition) is 0. The highest BCUT2D eigenvalue weighted by Gasteiger charge is 2.20. The van der Waals surface area contributed by atoms with Crippen LogP contribution >= 0.6 is 23.5 Å². The van der Waals surface area contributed by atoms with Crippen LogP contribution < -0.4 is 0 Å². The molecule has 0 aliphatic carbocycles. The molecule has 0 aromatic rings. The van der Waals surface area contributed by atoms with E-state index in [-0.39, 0.29) is 0 Å². The fraction of sp³-hybridized carbons (Fsp3) is 1.00. The van der Waals surface area contributed by atoms with Gasteiger partial charge in [0.2, 0.25) is 0 Å². The highest BCUT2D eigenvalue weighted by atomic mass is 32.2. The Morgan fingerprint density at radius 3 is 2.55 bits per heavy atom. The Labute approximate surface area is 78.9 Å². The van der Waals surface area contributed by atoms with E-state index in [2.05, 4.69) is 44.3 Å². The second-order valence-electron chi connectivity index (χ2n) is 4.37. The molecule has 1 aliphatic heterocycles. The third-order valence-electron chi connectivity index (χ3n) is 1.81. The fourth-order valence-electron chi connectivity index (χ4n) is 1.35. The minimum atomic E-state index is 0.527. The van der Waals surface area contributed by atoms with E-state index in [1.54, 1.807) is 0 Å². The Balaban J connectivity index is 2.24. The van der Waals surface area contributed by atoms with Crippen molar-refractivity contribution < 1.29 is 0 Å². The predicted octanol–water partition coefficient (Wildman–Crippen LogP) is 3.62. The van der Waals surface area contributed by atoms with Gasteiger partial charge in [-0.3, -0.25) is 0 Å². The molecule has 1 heterocycles.